The van der Waals surface area contributed by atoms with E-state index < -0.39 is 22.9 Å². The van der Waals surface area contributed by atoms with Crippen molar-refractivity contribution < 1.29 is 9.59 Å². The van der Waals surface area contributed by atoms with Gasteiger partial charge in [0.05, 0.1) is 5.56 Å². The number of hydrogen-bond donors (Lipinski definition) is 1. The Balaban J connectivity index is 2.32. The molecule has 0 unspecified atom stereocenters. The van der Waals surface area contributed by atoms with E-state index in [2.05, 4.69) is 5.32 Å². The zero-order valence-corrected chi connectivity index (χ0v) is 14.0. The normalized spacial score (nSPS) is 10.5. The molecule has 0 aliphatic heterocycles. The van der Waals surface area contributed by atoms with E-state index in [1.807, 2.05) is 32.0 Å². The summed E-state index contributed by atoms with van der Waals surface area (Å²) in [5, 5.41) is 2.74. The number of ketones is 1. The van der Waals surface area contributed by atoms with E-state index in [0.717, 1.165) is 26.5 Å². The van der Waals surface area contributed by atoms with Crippen molar-refractivity contribution in [3.63, 3.8) is 0 Å². The van der Waals surface area contributed by atoms with Gasteiger partial charge in [-0.1, -0.05) is 12.1 Å². The number of carbonyl (C=O) groups excluding carboxylic acids is 2. The maximum Gasteiger partial charge on any atom is 0.331 e. The van der Waals surface area contributed by atoms with Crippen molar-refractivity contribution in [2.75, 3.05) is 5.32 Å². The van der Waals surface area contributed by atoms with Crippen LogP contribution in [-0.4, -0.2) is 20.8 Å². The second-order valence-corrected chi connectivity index (χ2v) is 5.74. The first-order valence-electron chi connectivity index (χ1n) is 7.39. The van der Waals surface area contributed by atoms with Gasteiger partial charge in [-0.25, -0.2) is 4.79 Å². The summed E-state index contributed by atoms with van der Waals surface area (Å²) >= 11 is 0. The monoisotopic (exact) mass is 329 g/mol. The topological polar surface area (TPSA) is 90.2 Å². The number of benzene rings is 1. The van der Waals surface area contributed by atoms with Crippen LogP contribution < -0.4 is 16.6 Å². The predicted molar refractivity (Wildman–Crippen MR) is 90.5 cm³/mol. The highest BCUT2D eigenvalue weighted by Crippen LogP contribution is 2.16. The molecule has 1 N–H and O–H groups in total. The molecule has 7 nitrogen and oxygen atoms in total. The van der Waals surface area contributed by atoms with Gasteiger partial charge in [-0.3, -0.25) is 23.5 Å². The zero-order chi connectivity index (χ0) is 18.0. The third-order valence-electron chi connectivity index (χ3n) is 3.71. The van der Waals surface area contributed by atoms with Crippen LogP contribution >= 0.6 is 0 Å². The van der Waals surface area contributed by atoms with E-state index in [1.165, 1.54) is 14.0 Å². The third kappa shape index (κ3) is 3.51. The van der Waals surface area contributed by atoms with Gasteiger partial charge in [0.25, 0.3) is 5.56 Å². The number of hydrogen-bond acceptors (Lipinski definition) is 4. The van der Waals surface area contributed by atoms with E-state index in [-0.39, 0.29) is 12.1 Å². The minimum atomic E-state index is -0.668. The SMILES string of the molecule is CC(=O)c1cn(CC(=O)Nc2cc(C)ccc2C)c(=O)n(C)c1=O. The van der Waals surface area contributed by atoms with E-state index in [9.17, 15) is 19.2 Å². The Hall–Kier alpha value is -2.96. The Bertz CT molecular complexity index is 938. The van der Waals surface area contributed by atoms with Crippen LogP contribution in [0.2, 0.25) is 0 Å². The van der Waals surface area contributed by atoms with E-state index in [1.54, 1.807) is 0 Å². The lowest BCUT2D eigenvalue weighted by Crippen LogP contribution is -2.41. The molecule has 0 aliphatic rings. The molecule has 0 fully saturated rings. The lowest BCUT2D eigenvalue weighted by atomic mass is 10.1. The number of aromatic nitrogens is 2. The molecule has 1 aromatic heterocycles. The molecule has 0 spiro atoms. The molecule has 0 saturated heterocycles. The first-order valence-corrected chi connectivity index (χ1v) is 7.39. The van der Waals surface area contributed by atoms with Crippen LogP contribution in [0.1, 0.15) is 28.4 Å². The van der Waals surface area contributed by atoms with Crippen LogP contribution in [-0.2, 0) is 18.4 Å². The summed E-state index contributed by atoms with van der Waals surface area (Å²) in [5.74, 6) is -0.877. The van der Waals surface area contributed by atoms with Gasteiger partial charge in [-0.05, 0) is 38.0 Å². The number of rotatable bonds is 4. The highest BCUT2D eigenvalue weighted by molar-refractivity contribution is 5.94. The highest BCUT2D eigenvalue weighted by Gasteiger charge is 2.14. The Morgan fingerprint density at radius 3 is 2.46 bits per heavy atom. The van der Waals surface area contributed by atoms with Crippen molar-refractivity contribution >= 4 is 17.4 Å². The third-order valence-corrected chi connectivity index (χ3v) is 3.71. The summed E-state index contributed by atoms with van der Waals surface area (Å²) in [4.78, 5) is 47.7. The van der Waals surface area contributed by atoms with Crippen LogP contribution in [0.4, 0.5) is 5.69 Å². The van der Waals surface area contributed by atoms with Crippen molar-refractivity contribution in [3.8, 4) is 0 Å². The van der Waals surface area contributed by atoms with Gasteiger partial charge in [0.2, 0.25) is 5.91 Å². The van der Waals surface area contributed by atoms with Crippen molar-refractivity contribution in [2.24, 2.45) is 7.05 Å². The number of anilines is 1. The number of amides is 1. The summed E-state index contributed by atoms with van der Waals surface area (Å²) in [6.07, 6.45) is 1.13. The largest absolute Gasteiger partial charge is 0.331 e. The molecule has 0 bridgehead atoms. The van der Waals surface area contributed by atoms with Gasteiger partial charge >= 0.3 is 5.69 Å². The molecule has 24 heavy (non-hydrogen) atoms. The second kappa shape index (κ2) is 6.66. The molecular formula is C17H19N3O4. The minimum absolute atomic E-state index is 0.128. The van der Waals surface area contributed by atoms with Gasteiger partial charge in [-0.15, -0.1) is 0 Å². The molecular weight excluding hydrogens is 310 g/mol. The molecule has 7 heteroatoms. The van der Waals surface area contributed by atoms with Gasteiger partial charge in [0.1, 0.15) is 6.54 Å². The number of aryl methyl sites for hydroxylation is 2. The summed E-state index contributed by atoms with van der Waals surface area (Å²) < 4.78 is 1.88. The quantitative estimate of drug-likeness (QED) is 0.848. The Labute approximate surface area is 138 Å². The molecule has 0 saturated carbocycles. The zero-order valence-electron chi connectivity index (χ0n) is 14.0. The standard InChI is InChI=1S/C17H19N3O4/c1-10-5-6-11(2)14(7-10)18-15(22)9-20-8-13(12(3)21)16(23)19(4)17(20)24/h5-8H,9H2,1-4H3,(H,18,22). The van der Waals surface area contributed by atoms with Crippen LogP contribution in [0, 0.1) is 13.8 Å². The number of carbonyl (C=O) groups is 2. The van der Waals surface area contributed by atoms with Gasteiger partial charge in [-0.2, -0.15) is 0 Å². The summed E-state index contributed by atoms with van der Waals surface area (Å²) in [6.45, 7) is 4.72. The molecule has 1 amide bonds. The van der Waals surface area contributed by atoms with Crippen LogP contribution in [0.5, 0.6) is 0 Å². The van der Waals surface area contributed by atoms with E-state index >= 15 is 0 Å². The molecule has 0 aliphatic carbocycles. The van der Waals surface area contributed by atoms with Crippen molar-refractivity contribution in [2.45, 2.75) is 27.3 Å². The summed E-state index contributed by atoms with van der Waals surface area (Å²) in [6, 6.07) is 5.65. The molecule has 2 rings (SSSR count). The van der Waals surface area contributed by atoms with Crippen LogP contribution in [0.3, 0.4) is 0 Å². The van der Waals surface area contributed by atoms with Crippen LogP contribution in [0.15, 0.2) is 34.0 Å². The van der Waals surface area contributed by atoms with E-state index in [4.69, 9.17) is 0 Å². The predicted octanol–water partition coefficient (Wildman–Crippen LogP) is 1.01. The Kier molecular flexibility index (Phi) is 4.82. The van der Waals surface area contributed by atoms with Crippen LogP contribution in [0.25, 0.3) is 0 Å². The molecule has 126 valence electrons. The fourth-order valence-corrected chi connectivity index (χ4v) is 2.30. The molecule has 1 heterocycles. The average Bonchev–Trinajstić information content (AvgIpc) is 2.51. The summed E-state index contributed by atoms with van der Waals surface area (Å²) in [7, 11) is 1.27. The minimum Gasteiger partial charge on any atom is -0.324 e. The maximum absolute atomic E-state index is 12.2. The first kappa shape index (κ1) is 17.4. The average molecular weight is 329 g/mol. The summed E-state index contributed by atoms with van der Waals surface area (Å²) in [5.41, 5.74) is 1.10. The molecule has 0 atom stereocenters. The van der Waals surface area contributed by atoms with Crippen molar-refractivity contribution in [3.05, 3.63) is 61.9 Å². The number of nitrogens with one attached hydrogen (secondary N) is 1. The van der Waals surface area contributed by atoms with Crippen molar-refractivity contribution in [1.82, 2.24) is 9.13 Å². The Morgan fingerprint density at radius 2 is 1.83 bits per heavy atom. The van der Waals surface area contributed by atoms with Gasteiger partial charge in [0, 0.05) is 18.9 Å². The molecule has 1 aromatic carbocycles. The lowest BCUT2D eigenvalue weighted by molar-refractivity contribution is -0.116. The maximum atomic E-state index is 12.2. The molecule has 2 aromatic rings. The smallest absolute Gasteiger partial charge is 0.324 e. The Morgan fingerprint density at radius 1 is 1.17 bits per heavy atom. The highest BCUT2D eigenvalue weighted by atomic mass is 16.2. The van der Waals surface area contributed by atoms with Gasteiger partial charge < -0.3 is 5.32 Å². The second-order valence-electron chi connectivity index (χ2n) is 5.74. The number of nitrogens with zero attached hydrogens (tertiary/aromatic N) is 2. The van der Waals surface area contributed by atoms with E-state index in [0.29, 0.717) is 5.69 Å². The number of Topliss-reactive ketones (excluding diaryl/α,β-unsaturated/α-hetero) is 1. The van der Waals surface area contributed by atoms with Crippen molar-refractivity contribution in [1.29, 1.82) is 0 Å². The lowest BCUT2D eigenvalue weighted by Gasteiger charge is -2.12. The molecule has 0 radical (unpaired) electrons. The fourth-order valence-electron chi connectivity index (χ4n) is 2.30. The van der Waals surface area contributed by atoms with Gasteiger partial charge in [0.15, 0.2) is 5.78 Å². The fraction of sp³-hybridized carbons (Fsp3) is 0.294. The first-order chi connectivity index (χ1) is 11.2.